The quantitative estimate of drug-likeness (QED) is 0.791. The van der Waals surface area contributed by atoms with E-state index in [1.165, 1.54) is 0 Å². The van der Waals surface area contributed by atoms with E-state index in [1.807, 2.05) is 4.90 Å². The summed E-state index contributed by atoms with van der Waals surface area (Å²) in [6, 6.07) is 5.34. The number of nitrogens with zero attached hydrogens (tertiary/aromatic N) is 2. The summed E-state index contributed by atoms with van der Waals surface area (Å²) in [7, 11) is 0. The van der Waals surface area contributed by atoms with Crippen LogP contribution >= 0.6 is 11.6 Å². The molecule has 1 saturated heterocycles. The van der Waals surface area contributed by atoms with Crippen molar-refractivity contribution in [2.45, 2.75) is 0 Å². The van der Waals surface area contributed by atoms with Gasteiger partial charge in [-0.3, -0.25) is 9.69 Å². The van der Waals surface area contributed by atoms with Gasteiger partial charge in [0.25, 0.3) is 5.91 Å². The van der Waals surface area contributed by atoms with Crippen molar-refractivity contribution in [1.82, 2.24) is 9.80 Å². The molecule has 2 heterocycles. The van der Waals surface area contributed by atoms with Gasteiger partial charge in [-0.15, -0.1) is 11.6 Å². The number of piperazine rings is 1. The van der Waals surface area contributed by atoms with Crippen LogP contribution in [0.5, 0.6) is 11.5 Å². The van der Waals surface area contributed by atoms with Gasteiger partial charge < -0.3 is 14.4 Å². The molecule has 1 aromatic carbocycles. The first-order valence-corrected chi connectivity index (χ1v) is 7.28. The van der Waals surface area contributed by atoms with Gasteiger partial charge in [0.05, 0.1) is 0 Å². The fraction of sp³-hybridized carbons (Fsp3) is 0.500. The molecule has 0 radical (unpaired) electrons. The van der Waals surface area contributed by atoms with E-state index < -0.39 is 0 Å². The Morgan fingerprint density at radius 3 is 2.65 bits per heavy atom. The molecule has 0 N–H and O–H groups in total. The zero-order chi connectivity index (χ0) is 13.9. The Bertz CT molecular complexity index is 501. The SMILES string of the molecule is O=C(c1ccc2c(c1)OCO2)N1CCN(CCCl)CC1. The van der Waals surface area contributed by atoms with Crippen molar-refractivity contribution < 1.29 is 14.3 Å². The largest absolute Gasteiger partial charge is 0.454 e. The van der Waals surface area contributed by atoms with Gasteiger partial charge in [-0.2, -0.15) is 0 Å². The second-order valence-corrected chi connectivity index (χ2v) is 5.27. The van der Waals surface area contributed by atoms with Crippen molar-refractivity contribution >= 4 is 17.5 Å². The number of halogens is 1. The van der Waals surface area contributed by atoms with Gasteiger partial charge in [-0.1, -0.05) is 0 Å². The minimum absolute atomic E-state index is 0.0498. The van der Waals surface area contributed by atoms with Crippen LogP contribution in [-0.4, -0.2) is 61.1 Å². The maximum Gasteiger partial charge on any atom is 0.254 e. The first-order valence-electron chi connectivity index (χ1n) is 6.75. The predicted octanol–water partition coefficient (Wildman–Crippen LogP) is 1.41. The van der Waals surface area contributed by atoms with Crippen LogP contribution in [0.15, 0.2) is 18.2 Å². The number of ether oxygens (including phenoxy) is 2. The maximum absolute atomic E-state index is 12.4. The van der Waals surface area contributed by atoms with Gasteiger partial charge in [0.15, 0.2) is 11.5 Å². The number of fused-ring (bicyclic) bond motifs is 1. The van der Waals surface area contributed by atoms with E-state index >= 15 is 0 Å². The molecule has 108 valence electrons. The number of alkyl halides is 1. The average Bonchev–Trinajstić information content (AvgIpc) is 2.95. The molecule has 1 aromatic rings. The van der Waals surface area contributed by atoms with Crippen LogP contribution in [0.3, 0.4) is 0 Å². The molecule has 3 rings (SSSR count). The number of benzene rings is 1. The van der Waals surface area contributed by atoms with Gasteiger partial charge in [0.2, 0.25) is 6.79 Å². The molecule has 5 nitrogen and oxygen atoms in total. The summed E-state index contributed by atoms with van der Waals surface area (Å²) in [6.45, 7) is 4.35. The van der Waals surface area contributed by atoms with E-state index in [2.05, 4.69) is 4.90 Å². The molecule has 1 amide bonds. The van der Waals surface area contributed by atoms with E-state index in [0.29, 0.717) is 22.9 Å². The lowest BCUT2D eigenvalue weighted by molar-refractivity contribution is 0.0644. The molecule has 0 aromatic heterocycles. The van der Waals surface area contributed by atoms with E-state index in [-0.39, 0.29) is 12.7 Å². The van der Waals surface area contributed by atoms with Gasteiger partial charge in [0.1, 0.15) is 0 Å². The number of carbonyl (C=O) groups excluding carboxylic acids is 1. The molecular weight excluding hydrogens is 280 g/mol. The van der Waals surface area contributed by atoms with Crippen molar-refractivity contribution in [2.24, 2.45) is 0 Å². The summed E-state index contributed by atoms with van der Waals surface area (Å²) >= 11 is 5.74. The third-order valence-corrected chi connectivity index (χ3v) is 3.85. The second kappa shape index (κ2) is 5.89. The van der Waals surface area contributed by atoms with Crippen LogP contribution in [0.1, 0.15) is 10.4 Å². The first kappa shape index (κ1) is 13.5. The molecule has 0 aliphatic carbocycles. The first-order chi connectivity index (χ1) is 9.78. The highest BCUT2D eigenvalue weighted by atomic mass is 35.5. The van der Waals surface area contributed by atoms with E-state index in [0.717, 1.165) is 32.7 Å². The molecule has 2 aliphatic heterocycles. The van der Waals surface area contributed by atoms with Crippen LogP contribution in [0.2, 0.25) is 0 Å². The minimum Gasteiger partial charge on any atom is -0.454 e. The lowest BCUT2D eigenvalue weighted by Crippen LogP contribution is -2.49. The predicted molar refractivity (Wildman–Crippen MR) is 75.6 cm³/mol. The number of hydrogen-bond donors (Lipinski definition) is 0. The van der Waals surface area contributed by atoms with Crippen molar-refractivity contribution in [3.8, 4) is 11.5 Å². The van der Waals surface area contributed by atoms with Crippen molar-refractivity contribution in [3.05, 3.63) is 23.8 Å². The van der Waals surface area contributed by atoms with Gasteiger partial charge >= 0.3 is 0 Å². The Balaban J connectivity index is 1.65. The lowest BCUT2D eigenvalue weighted by Gasteiger charge is -2.34. The number of rotatable bonds is 3. The molecule has 0 atom stereocenters. The highest BCUT2D eigenvalue weighted by Gasteiger charge is 2.23. The van der Waals surface area contributed by atoms with Gasteiger partial charge in [0, 0.05) is 44.2 Å². The van der Waals surface area contributed by atoms with Crippen molar-refractivity contribution in [1.29, 1.82) is 0 Å². The second-order valence-electron chi connectivity index (χ2n) is 4.89. The average molecular weight is 297 g/mol. The van der Waals surface area contributed by atoms with E-state index in [4.69, 9.17) is 21.1 Å². The molecule has 1 fully saturated rings. The molecule has 2 aliphatic rings. The topological polar surface area (TPSA) is 42.0 Å². The standard InChI is InChI=1S/C14H17ClN2O3/c15-3-4-16-5-7-17(8-6-16)14(18)11-1-2-12-13(9-11)20-10-19-12/h1-2,9H,3-8,10H2. The van der Waals surface area contributed by atoms with Gasteiger partial charge in [-0.05, 0) is 18.2 Å². The van der Waals surface area contributed by atoms with Crippen LogP contribution in [0.25, 0.3) is 0 Å². The van der Waals surface area contributed by atoms with Crippen LogP contribution in [-0.2, 0) is 0 Å². The smallest absolute Gasteiger partial charge is 0.254 e. The Morgan fingerprint density at radius 1 is 1.15 bits per heavy atom. The van der Waals surface area contributed by atoms with Crippen LogP contribution in [0, 0.1) is 0 Å². The van der Waals surface area contributed by atoms with Crippen molar-refractivity contribution in [3.63, 3.8) is 0 Å². The highest BCUT2D eigenvalue weighted by Crippen LogP contribution is 2.32. The third-order valence-electron chi connectivity index (χ3n) is 3.68. The maximum atomic E-state index is 12.4. The van der Waals surface area contributed by atoms with Crippen LogP contribution < -0.4 is 9.47 Å². The fourth-order valence-electron chi connectivity index (χ4n) is 2.51. The summed E-state index contributed by atoms with van der Waals surface area (Å²) in [4.78, 5) is 16.6. The van der Waals surface area contributed by atoms with E-state index in [1.54, 1.807) is 18.2 Å². The normalized spacial score (nSPS) is 18.4. The summed E-state index contributed by atoms with van der Waals surface area (Å²) in [5.41, 5.74) is 0.653. The highest BCUT2D eigenvalue weighted by molar-refractivity contribution is 6.18. The van der Waals surface area contributed by atoms with Crippen molar-refractivity contribution in [2.75, 3.05) is 45.4 Å². The number of carbonyl (C=O) groups is 1. The molecule has 0 saturated carbocycles. The lowest BCUT2D eigenvalue weighted by atomic mass is 10.1. The Labute approximate surface area is 123 Å². The van der Waals surface area contributed by atoms with E-state index in [9.17, 15) is 4.79 Å². The zero-order valence-electron chi connectivity index (χ0n) is 11.2. The Kier molecular flexibility index (Phi) is 3.98. The number of hydrogen-bond acceptors (Lipinski definition) is 4. The Hall–Kier alpha value is -1.46. The molecule has 0 unspecified atom stereocenters. The summed E-state index contributed by atoms with van der Waals surface area (Å²) in [5.74, 6) is 2.04. The zero-order valence-corrected chi connectivity index (χ0v) is 11.9. The summed E-state index contributed by atoms with van der Waals surface area (Å²) in [6.07, 6.45) is 0. The number of amides is 1. The van der Waals surface area contributed by atoms with Crippen LogP contribution in [0.4, 0.5) is 0 Å². The molecule has 0 bridgehead atoms. The third kappa shape index (κ3) is 2.69. The molecule has 6 heteroatoms. The molecular formula is C14H17ClN2O3. The Morgan fingerprint density at radius 2 is 1.90 bits per heavy atom. The fourth-order valence-corrected chi connectivity index (χ4v) is 2.75. The summed E-state index contributed by atoms with van der Waals surface area (Å²) in [5, 5.41) is 0. The van der Waals surface area contributed by atoms with Gasteiger partial charge in [-0.25, -0.2) is 0 Å². The minimum atomic E-state index is 0.0498. The molecule has 0 spiro atoms. The summed E-state index contributed by atoms with van der Waals surface area (Å²) < 4.78 is 10.6. The monoisotopic (exact) mass is 296 g/mol. The molecule has 20 heavy (non-hydrogen) atoms.